The van der Waals surface area contributed by atoms with Gasteiger partial charge < -0.3 is 24.7 Å². The zero-order valence-electron chi connectivity index (χ0n) is 18.9. The van der Waals surface area contributed by atoms with Crippen LogP contribution in [0.15, 0.2) is 47.5 Å². The summed E-state index contributed by atoms with van der Waals surface area (Å²) in [6, 6.07) is 10.4. The van der Waals surface area contributed by atoms with Crippen LogP contribution in [0, 0.1) is 0 Å². The van der Waals surface area contributed by atoms with Gasteiger partial charge in [-0.3, -0.25) is 0 Å². The second-order valence-electron chi connectivity index (χ2n) is 7.82. The number of nitrogens with zero attached hydrogens (tertiary/aromatic N) is 3. The van der Waals surface area contributed by atoms with Crippen LogP contribution in [-0.4, -0.2) is 71.0 Å². The second kappa shape index (κ2) is 11.6. The van der Waals surface area contributed by atoms with E-state index >= 15 is 0 Å². The van der Waals surface area contributed by atoms with Crippen molar-refractivity contribution < 1.29 is 24.5 Å². The minimum absolute atomic E-state index is 0.558. The Bertz CT molecular complexity index is 1020. The molecule has 2 aromatic rings. The third-order valence-corrected chi connectivity index (χ3v) is 6.31. The molecule has 8 nitrogen and oxygen atoms in total. The number of hydrogen-bond acceptors (Lipinski definition) is 7. The van der Waals surface area contributed by atoms with Gasteiger partial charge in [-0.2, -0.15) is 0 Å². The molecule has 2 aliphatic heterocycles. The van der Waals surface area contributed by atoms with Crippen molar-refractivity contribution in [3.05, 3.63) is 52.9 Å². The molecular weight excluding hydrogens is 442 g/mol. The van der Waals surface area contributed by atoms with E-state index < -0.39 is 11.9 Å². The van der Waals surface area contributed by atoms with E-state index in [2.05, 4.69) is 29.8 Å². The molecular formula is C24H29N3O5S. The fourth-order valence-corrected chi connectivity index (χ4v) is 4.49. The number of aliphatic carboxylic acids is 2. The number of aryl methyl sites for hydroxylation is 1. The van der Waals surface area contributed by atoms with E-state index in [1.807, 2.05) is 24.3 Å². The molecule has 0 unspecified atom stereocenters. The van der Waals surface area contributed by atoms with Crippen molar-refractivity contribution in [2.45, 2.75) is 26.2 Å². The van der Waals surface area contributed by atoms with Crippen LogP contribution in [-0.2, 0) is 16.0 Å². The molecule has 0 atom stereocenters. The maximum Gasteiger partial charge on any atom is 0.328 e. The predicted molar refractivity (Wildman–Crippen MR) is 129 cm³/mol. The van der Waals surface area contributed by atoms with E-state index in [1.165, 1.54) is 17.7 Å². The lowest BCUT2D eigenvalue weighted by molar-refractivity contribution is -0.134. The van der Waals surface area contributed by atoms with Crippen molar-refractivity contribution in [2.24, 2.45) is 4.99 Å². The average molecular weight is 472 g/mol. The molecule has 4 rings (SSSR count). The first-order valence-electron chi connectivity index (χ1n) is 10.9. The number of carboxylic acid groups (broad SMARTS) is 2. The highest BCUT2D eigenvalue weighted by Gasteiger charge is 2.27. The summed E-state index contributed by atoms with van der Waals surface area (Å²) in [7, 11) is 2.18. The van der Waals surface area contributed by atoms with Gasteiger partial charge in [0.2, 0.25) is 0 Å². The molecule has 0 aliphatic carbocycles. The Morgan fingerprint density at radius 3 is 2.42 bits per heavy atom. The van der Waals surface area contributed by atoms with E-state index in [0.29, 0.717) is 12.2 Å². The van der Waals surface area contributed by atoms with Crippen molar-refractivity contribution in [3.8, 4) is 10.8 Å². The number of hydrogen-bond donors (Lipinski definition) is 2. The molecule has 0 amide bonds. The van der Waals surface area contributed by atoms with Crippen LogP contribution < -0.4 is 4.74 Å². The third-order valence-electron chi connectivity index (χ3n) is 5.23. The van der Waals surface area contributed by atoms with Gasteiger partial charge in [-0.05, 0) is 38.1 Å². The fourth-order valence-electron chi connectivity index (χ4n) is 3.44. The molecule has 0 saturated carbocycles. The van der Waals surface area contributed by atoms with Crippen molar-refractivity contribution in [1.29, 1.82) is 0 Å². The van der Waals surface area contributed by atoms with Gasteiger partial charge in [-0.25, -0.2) is 14.6 Å². The molecule has 176 valence electrons. The van der Waals surface area contributed by atoms with Crippen molar-refractivity contribution in [2.75, 3.05) is 33.2 Å². The molecule has 2 aliphatic rings. The summed E-state index contributed by atoms with van der Waals surface area (Å²) in [6.07, 6.45) is 4.67. The summed E-state index contributed by atoms with van der Waals surface area (Å²) in [5, 5.41) is 16.6. The third kappa shape index (κ3) is 6.90. The van der Waals surface area contributed by atoms with Gasteiger partial charge in [0.05, 0.1) is 5.56 Å². The van der Waals surface area contributed by atoms with Gasteiger partial charge >= 0.3 is 11.9 Å². The first-order valence-corrected chi connectivity index (χ1v) is 11.7. The summed E-state index contributed by atoms with van der Waals surface area (Å²) in [5.41, 5.74) is 2.09. The van der Waals surface area contributed by atoms with Crippen LogP contribution in [0.1, 0.15) is 30.2 Å². The second-order valence-corrected chi connectivity index (χ2v) is 8.92. The number of carboxylic acids is 2. The van der Waals surface area contributed by atoms with Gasteiger partial charge in [-0.15, -0.1) is 11.3 Å². The zero-order valence-corrected chi connectivity index (χ0v) is 19.7. The number of para-hydroxylation sites is 2. The first kappa shape index (κ1) is 24.5. The minimum Gasteiger partial charge on any atom is -0.478 e. The van der Waals surface area contributed by atoms with E-state index in [-0.39, 0.29) is 0 Å². The number of aliphatic imine (C=N–C) groups is 1. The number of thiophene rings is 1. The lowest BCUT2D eigenvalue weighted by Gasteiger charge is -2.34. The van der Waals surface area contributed by atoms with Crippen LogP contribution in [0.5, 0.6) is 10.8 Å². The number of ether oxygens (including phenoxy) is 1. The quantitative estimate of drug-likeness (QED) is 0.629. The van der Waals surface area contributed by atoms with Crippen LogP contribution in [0.3, 0.4) is 0 Å². The van der Waals surface area contributed by atoms with Crippen LogP contribution in [0.4, 0.5) is 5.69 Å². The Morgan fingerprint density at radius 1 is 1.12 bits per heavy atom. The molecule has 2 N–H and O–H groups in total. The molecule has 1 saturated heterocycles. The van der Waals surface area contributed by atoms with Gasteiger partial charge in [0, 0.05) is 43.2 Å². The molecule has 1 aromatic carbocycles. The highest BCUT2D eigenvalue weighted by molar-refractivity contribution is 7.14. The van der Waals surface area contributed by atoms with Crippen molar-refractivity contribution in [1.82, 2.24) is 9.80 Å². The van der Waals surface area contributed by atoms with E-state index in [9.17, 15) is 9.59 Å². The average Bonchev–Trinajstić information content (AvgIpc) is 3.12. The number of fused-ring (bicyclic) bond motifs is 2. The maximum absolute atomic E-state index is 9.55. The van der Waals surface area contributed by atoms with Crippen molar-refractivity contribution in [3.63, 3.8) is 0 Å². The molecule has 1 fully saturated rings. The number of unbranched alkanes of at least 4 members (excludes halogenated alkanes) is 1. The summed E-state index contributed by atoms with van der Waals surface area (Å²) in [4.78, 5) is 30.3. The lowest BCUT2D eigenvalue weighted by Crippen LogP contribution is -2.47. The van der Waals surface area contributed by atoms with Crippen LogP contribution in [0.2, 0.25) is 0 Å². The Hall–Kier alpha value is -3.17. The Morgan fingerprint density at radius 2 is 1.79 bits per heavy atom. The molecule has 0 radical (unpaired) electrons. The highest BCUT2D eigenvalue weighted by atomic mass is 32.1. The molecule has 33 heavy (non-hydrogen) atoms. The van der Waals surface area contributed by atoms with Crippen molar-refractivity contribution >= 4 is 34.8 Å². The number of carbonyl (C=O) groups is 2. The largest absolute Gasteiger partial charge is 0.478 e. The highest BCUT2D eigenvalue weighted by Crippen LogP contribution is 2.42. The summed E-state index contributed by atoms with van der Waals surface area (Å²) >= 11 is 1.78. The van der Waals surface area contributed by atoms with E-state index in [4.69, 9.17) is 19.9 Å². The Balaban J connectivity index is 0.000000331. The standard InChI is InChI=1S/C20H25N3OS.C4H4O4/c1-3-4-7-15-14-16-19(23-12-10-22(2)11-13-23)21-17-8-5-6-9-18(17)24-20(16)25-15;5-3(6)1-2-4(7)8/h5-6,8-9,14H,3-4,7,10-13H2,1-2H3;1-2H,(H,5,6)(H,7,8). The minimum atomic E-state index is -1.26. The Kier molecular flexibility index (Phi) is 8.62. The SMILES string of the molecule is CCCCc1cc2c(s1)Oc1ccccc1N=C2N1CCN(C)CC1.O=C(O)C=CC(=O)O. The molecule has 1 aromatic heterocycles. The van der Waals surface area contributed by atoms with E-state index in [0.717, 1.165) is 60.5 Å². The van der Waals surface area contributed by atoms with Gasteiger partial charge in [0.1, 0.15) is 11.5 Å². The maximum atomic E-state index is 9.55. The monoisotopic (exact) mass is 471 g/mol. The lowest BCUT2D eigenvalue weighted by atomic mass is 10.1. The number of benzene rings is 1. The number of piperazine rings is 1. The smallest absolute Gasteiger partial charge is 0.328 e. The normalized spacial score (nSPS) is 15.5. The molecule has 0 spiro atoms. The molecule has 3 heterocycles. The first-order chi connectivity index (χ1) is 15.9. The van der Waals surface area contributed by atoms with Gasteiger partial charge in [0.15, 0.2) is 10.8 Å². The number of amidine groups is 1. The van der Waals surface area contributed by atoms with Crippen LogP contribution >= 0.6 is 11.3 Å². The summed E-state index contributed by atoms with van der Waals surface area (Å²) in [5.74, 6) is -0.580. The topological polar surface area (TPSA) is 103 Å². The molecule has 9 heteroatoms. The predicted octanol–water partition coefficient (Wildman–Crippen LogP) is 4.23. The van der Waals surface area contributed by atoms with Gasteiger partial charge in [-0.1, -0.05) is 25.5 Å². The van der Waals surface area contributed by atoms with Crippen LogP contribution in [0.25, 0.3) is 0 Å². The number of likely N-dealkylation sites (N-methyl/N-ethyl adjacent to an activating group) is 1. The Labute approximate surface area is 197 Å². The molecule has 0 bridgehead atoms. The van der Waals surface area contributed by atoms with Gasteiger partial charge in [0.25, 0.3) is 0 Å². The zero-order chi connectivity index (χ0) is 23.8. The number of rotatable bonds is 5. The summed E-state index contributed by atoms with van der Waals surface area (Å²) in [6.45, 7) is 6.41. The fraction of sp³-hybridized carbons (Fsp3) is 0.375. The summed E-state index contributed by atoms with van der Waals surface area (Å²) < 4.78 is 6.27. The van der Waals surface area contributed by atoms with E-state index in [1.54, 1.807) is 11.3 Å².